The zero-order chi connectivity index (χ0) is 44.0. The van der Waals surface area contributed by atoms with Crippen LogP contribution in [0.5, 0.6) is 0 Å². The molecule has 0 aliphatic heterocycles. The van der Waals surface area contributed by atoms with Crippen molar-refractivity contribution in [3.05, 3.63) is 252 Å². The Morgan fingerprint density at radius 1 is 0.379 bits per heavy atom. The molecule has 9 aromatic rings. The quantitative estimate of drug-likeness (QED) is 0.150. The van der Waals surface area contributed by atoms with Gasteiger partial charge in [-0.25, -0.2) is 0 Å². The molecule has 0 aromatic heterocycles. The van der Waals surface area contributed by atoms with Crippen LogP contribution in [0.2, 0.25) is 0 Å². The first-order valence-electron chi connectivity index (χ1n) is 23.9. The summed E-state index contributed by atoms with van der Waals surface area (Å²) >= 11 is 0. The van der Waals surface area contributed by atoms with Gasteiger partial charge in [0.25, 0.3) is 0 Å². The molecule has 0 heterocycles. The number of nitrogens with zero attached hydrogens (tertiary/aromatic N) is 2. The number of fused-ring (bicyclic) bond motifs is 5. The SMILES string of the molecule is CC1(C)c2cc(N(c3ccccc3)c3cccc4c3C35c6c(cccc6N(c6ccccc6)c6ccccc6-c6ccccc6)CC3CCC5C4)ccc2-c2c(-c3ccccc3)cccc21. The first-order valence-corrected chi connectivity index (χ1v) is 23.9. The monoisotopic (exact) mass is 848 g/mol. The highest BCUT2D eigenvalue weighted by atomic mass is 15.2. The molecule has 3 atom stereocenters. The fraction of sp³-hybridized carbons (Fsp3) is 0.156. The van der Waals surface area contributed by atoms with Crippen molar-refractivity contribution in [1.29, 1.82) is 0 Å². The molecule has 0 bridgehead atoms. The van der Waals surface area contributed by atoms with Gasteiger partial charge in [0.15, 0.2) is 0 Å². The van der Waals surface area contributed by atoms with Gasteiger partial charge < -0.3 is 9.80 Å². The van der Waals surface area contributed by atoms with E-state index in [9.17, 15) is 0 Å². The number of anilines is 6. The largest absolute Gasteiger partial charge is 0.310 e. The highest BCUT2D eigenvalue weighted by molar-refractivity contribution is 5.95. The summed E-state index contributed by atoms with van der Waals surface area (Å²) in [4.78, 5) is 5.20. The average Bonchev–Trinajstić information content (AvgIpc) is 4.07. The van der Waals surface area contributed by atoms with Crippen molar-refractivity contribution >= 4 is 34.1 Å². The van der Waals surface area contributed by atoms with Crippen LogP contribution < -0.4 is 9.80 Å². The van der Waals surface area contributed by atoms with Crippen LogP contribution in [0.25, 0.3) is 33.4 Å². The minimum absolute atomic E-state index is 0.156. The predicted molar refractivity (Wildman–Crippen MR) is 275 cm³/mol. The molecule has 2 heteroatoms. The van der Waals surface area contributed by atoms with E-state index in [4.69, 9.17) is 0 Å². The van der Waals surface area contributed by atoms with Crippen LogP contribution in [0, 0.1) is 11.8 Å². The summed E-state index contributed by atoms with van der Waals surface area (Å²) in [7, 11) is 0. The molecule has 4 aliphatic rings. The molecule has 0 amide bonds. The molecule has 0 radical (unpaired) electrons. The zero-order valence-electron chi connectivity index (χ0n) is 37.7. The van der Waals surface area contributed by atoms with Gasteiger partial charge in [-0.15, -0.1) is 0 Å². The van der Waals surface area contributed by atoms with Crippen molar-refractivity contribution in [3.63, 3.8) is 0 Å². The van der Waals surface area contributed by atoms with Crippen molar-refractivity contribution in [3.8, 4) is 33.4 Å². The van der Waals surface area contributed by atoms with Gasteiger partial charge in [0.05, 0.1) is 17.1 Å². The molecule has 2 nitrogen and oxygen atoms in total. The Morgan fingerprint density at radius 2 is 0.864 bits per heavy atom. The van der Waals surface area contributed by atoms with Crippen molar-refractivity contribution in [2.45, 2.75) is 50.4 Å². The Balaban J connectivity index is 1.03. The summed E-state index contributed by atoms with van der Waals surface area (Å²) in [5.74, 6) is 1.01. The van der Waals surface area contributed by atoms with Gasteiger partial charge in [-0.1, -0.05) is 178 Å². The minimum atomic E-state index is -0.178. The lowest BCUT2D eigenvalue weighted by Crippen LogP contribution is -2.34. The number of rotatable bonds is 8. The summed E-state index contributed by atoms with van der Waals surface area (Å²) < 4.78 is 0. The maximum atomic E-state index is 2.61. The summed E-state index contributed by atoms with van der Waals surface area (Å²) in [6.07, 6.45) is 4.66. The Morgan fingerprint density at radius 3 is 1.48 bits per heavy atom. The van der Waals surface area contributed by atoms with Crippen molar-refractivity contribution < 1.29 is 0 Å². The molecule has 66 heavy (non-hydrogen) atoms. The molecule has 1 fully saturated rings. The molecule has 3 unspecified atom stereocenters. The van der Waals surface area contributed by atoms with Gasteiger partial charge in [0, 0.05) is 33.5 Å². The van der Waals surface area contributed by atoms with Crippen LogP contribution in [0.15, 0.2) is 218 Å². The Labute approximate surface area is 389 Å². The molecule has 318 valence electrons. The molecule has 0 N–H and O–H groups in total. The summed E-state index contributed by atoms with van der Waals surface area (Å²) in [6.45, 7) is 4.84. The number of benzene rings is 9. The lowest BCUT2D eigenvalue weighted by Gasteiger charge is -2.40. The fourth-order valence-corrected chi connectivity index (χ4v) is 13.3. The number of hydrogen-bond acceptors (Lipinski definition) is 2. The van der Waals surface area contributed by atoms with Gasteiger partial charge in [-0.3, -0.25) is 0 Å². The highest BCUT2D eigenvalue weighted by Gasteiger charge is 2.62. The standard InChI is InChI=1S/C64H52N2/c1-63(2)55-32-19-31-53(44-22-9-4-10-23-44)60(55)54-39-38-51(42-56(54)63)65(49-26-11-5-12-27-49)58-34-17-24-45-40-47-36-37-48-41-46-25-18-35-59(62(46)64(47,48)61(45)58)66(50-28-13-6-14-29-50)57-33-16-15-30-52(57)43-20-7-3-8-21-43/h3-35,38-39,42,47-48H,36-37,40-41H2,1-2H3. The summed E-state index contributed by atoms with van der Waals surface area (Å²) in [5, 5.41) is 0. The number of hydrogen-bond donors (Lipinski definition) is 0. The first-order chi connectivity index (χ1) is 32.5. The van der Waals surface area contributed by atoms with Crippen molar-refractivity contribution in [2.24, 2.45) is 11.8 Å². The van der Waals surface area contributed by atoms with E-state index in [1.165, 1.54) is 114 Å². The number of para-hydroxylation sites is 3. The zero-order valence-corrected chi connectivity index (χ0v) is 37.7. The lowest BCUT2D eigenvalue weighted by molar-refractivity contribution is 0.350. The third-order valence-corrected chi connectivity index (χ3v) is 15.9. The normalized spacial score (nSPS) is 19.0. The van der Waals surface area contributed by atoms with Gasteiger partial charge in [0.2, 0.25) is 0 Å². The summed E-state index contributed by atoms with van der Waals surface area (Å²) in [5.41, 5.74) is 23.6. The van der Waals surface area contributed by atoms with E-state index in [2.05, 4.69) is 242 Å². The molecular formula is C64H52N2. The van der Waals surface area contributed by atoms with Gasteiger partial charge in [0.1, 0.15) is 0 Å². The van der Waals surface area contributed by atoms with E-state index < -0.39 is 0 Å². The first kappa shape index (κ1) is 39.0. The molecule has 13 rings (SSSR count). The maximum absolute atomic E-state index is 2.61. The van der Waals surface area contributed by atoms with E-state index in [1.807, 2.05) is 0 Å². The predicted octanol–water partition coefficient (Wildman–Crippen LogP) is 16.7. The van der Waals surface area contributed by atoms with Gasteiger partial charge >= 0.3 is 0 Å². The van der Waals surface area contributed by atoms with Crippen LogP contribution in [0.1, 0.15) is 60.1 Å². The Kier molecular flexibility index (Phi) is 8.90. The van der Waals surface area contributed by atoms with Crippen LogP contribution >= 0.6 is 0 Å². The smallest absolute Gasteiger partial charge is 0.0540 e. The summed E-state index contributed by atoms with van der Waals surface area (Å²) in [6, 6.07) is 81.8. The topological polar surface area (TPSA) is 6.48 Å². The minimum Gasteiger partial charge on any atom is -0.310 e. The van der Waals surface area contributed by atoms with Crippen molar-refractivity contribution in [1.82, 2.24) is 0 Å². The lowest BCUT2D eigenvalue weighted by atomic mass is 9.68. The van der Waals surface area contributed by atoms with Crippen LogP contribution in [-0.4, -0.2) is 0 Å². The second kappa shape index (κ2) is 15.1. The van der Waals surface area contributed by atoms with Crippen LogP contribution in [0.4, 0.5) is 34.1 Å². The average molecular weight is 849 g/mol. The van der Waals surface area contributed by atoms with E-state index >= 15 is 0 Å². The van der Waals surface area contributed by atoms with Crippen LogP contribution in [-0.2, 0) is 23.7 Å². The van der Waals surface area contributed by atoms with Gasteiger partial charge in [-0.2, -0.15) is 0 Å². The van der Waals surface area contributed by atoms with E-state index in [0.717, 1.165) is 12.8 Å². The third-order valence-electron chi connectivity index (χ3n) is 15.9. The fourth-order valence-electron chi connectivity index (χ4n) is 13.3. The molecule has 4 aliphatic carbocycles. The molecule has 0 saturated heterocycles. The molecule has 9 aromatic carbocycles. The second-order valence-corrected chi connectivity index (χ2v) is 19.5. The molecule has 1 saturated carbocycles. The third kappa shape index (κ3) is 5.67. The molecular weight excluding hydrogens is 797 g/mol. The van der Waals surface area contributed by atoms with E-state index in [1.54, 1.807) is 0 Å². The Hall–Kier alpha value is -7.42. The molecule has 1 spiro atoms. The van der Waals surface area contributed by atoms with Crippen molar-refractivity contribution in [2.75, 3.05) is 9.80 Å². The Bertz CT molecular complexity index is 3290. The second-order valence-electron chi connectivity index (χ2n) is 19.5. The highest BCUT2D eigenvalue weighted by Crippen LogP contribution is 2.69. The van der Waals surface area contributed by atoms with E-state index in [0.29, 0.717) is 11.8 Å². The van der Waals surface area contributed by atoms with Crippen LogP contribution in [0.3, 0.4) is 0 Å². The van der Waals surface area contributed by atoms with Gasteiger partial charge in [-0.05, 0) is 153 Å². The van der Waals surface area contributed by atoms with E-state index in [-0.39, 0.29) is 10.8 Å². The maximum Gasteiger partial charge on any atom is 0.0540 e.